The van der Waals surface area contributed by atoms with Gasteiger partial charge in [-0.1, -0.05) is 26.2 Å². The molecule has 1 aromatic heterocycles. The lowest BCUT2D eigenvalue weighted by atomic mass is 9.89. The van der Waals surface area contributed by atoms with Gasteiger partial charge in [-0.15, -0.1) is 10.2 Å². The summed E-state index contributed by atoms with van der Waals surface area (Å²) in [6.45, 7) is 10.6. The maximum atomic E-state index is 12.4. The molecule has 0 unspecified atom stereocenters. The minimum atomic E-state index is -0.240. The van der Waals surface area contributed by atoms with Crippen molar-refractivity contribution in [3.63, 3.8) is 0 Å². The summed E-state index contributed by atoms with van der Waals surface area (Å²) >= 11 is 0. The van der Waals surface area contributed by atoms with Crippen LogP contribution in [0, 0.1) is 5.92 Å². The zero-order chi connectivity index (χ0) is 21.3. The van der Waals surface area contributed by atoms with Crippen molar-refractivity contribution in [1.29, 1.82) is 0 Å². The van der Waals surface area contributed by atoms with Crippen LogP contribution in [0.25, 0.3) is 0 Å². The minimum Gasteiger partial charge on any atom is -0.354 e. The first-order chi connectivity index (χ1) is 13.8. The molecule has 8 nitrogen and oxygen atoms in total. The van der Waals surface area contributed by atoms with Crippen molar-refractivity contribution < 1.29 is 4.79 Å². The molecule has 8 heteroatoms. The van der Waals surface area contributed by atoms with E-state index in [1.54, 1.807) is 6.33 Å². The van der Waals surface area contributed by atoms with Gasteiger partial charge in [-0.05, 0) is 39.5 Å². The van der Waals surface area contributed by atoms with E-state index in [4.69, 9.17) is 4.99 Å². The normalized spacial score (nSPS) is 16.0. The quantitative estimate of drug-likeness (QED) is 0.511. The molecule has 1 aromatic rings. The highest BCUT2D eigenvalue weighted by Gasteiger charge is 2.18. The number of carbonyl (C=O) groups is 1. The summed E-state index contributed by atoms with van der Waals surface area (Å²) in [5.41, 5.74) is -0.240. The molecule has 1 saturated carbocycles. The molecule has 0 atom stereocenters. The van der Waals surface area contributed by atoms with Crippen LogP contribution in [-0.2, 0) is 17.8 Å². The third-order valence-electron chi connectivity index (χ3n) is 5.13. The summed E-state index contributed by atoms with van der Waals surface area (Å²) in [5.74, 6) is 2.41. The number of hydrogen-bond acceptors (Lipinski definition) is 4. The predicted molar refractivity (Wildman–Crippen MR) is 117 cm³/mol. The first-order valence-electron chi connectivity index (χ1n) is 11.0. The van der Waals surface area contributed by atoms with Gasteiger partial charge in [0.05, 0.1) is 6.54 Å². The predicted octanol–water partition coefficient (Wildman–Crippen LogP) is 2.21. The molecule has 0 aromatic carbocycles. The van der Waals surface area contributed by atoms with Gasteiger partial charge < -0.3 is 20.1 Å². The van der Waals surface area contributed by atoms with Crippen molar-refractivity contribution in [2.45, 2.75) is 78.3 Å². The van der Waals surface area contributed by atoms with Crippen LogP contribution in [0.2, 0.25) is 0 Å². The smallest absolute Gasteiger partial charge is 0.240 e. The van der Waals surface area contributed by atoms with Crippen LogP contribution in [-0.4, -0.2) is 63.8 Å². The third kappa shape index (κ3) is 8.41. The molecule has 1 heterocycles. The monoisotopic (exact) mass is 405 g/mol. The van der Waals surface area contributed by atoms with E-state index in [-0.39, 0.29) is 18.0 Å². The van der Waals surface area contributed by atoms with Gasteiger partial charge >= 0.3 is 0 Å². The van der Waals surface area contributed by atoms with Crippen LogP contribution < -0.4 is 10.6 Å². The first kappa shape index (κ1) is 23.2. The van der Waals surface area contributed by atoms with E-state index in [2.05, 4.69) is 32.3 Å². The van der Waals surface area contributed by atoms with E-state index < -0.39 is 0 Å². The Kier molecular flexibility index (Phi) is 8.92. The molecule has 1 fully saturated rings. The number of amides is 1. The van der Waals surface area contributed by atoms with Gasteiger partial charge in [0.15, 0.2) is 5.96 Å². The van der Waals surface area contributed by atoms with E-state index in [0.717, 1.165) is 31.3 Å². The number of aromatic nitrogens is 3. The maximum absolute atomic E-state index is 12.4. The number of likely N-dealkylation sites (N-methyl/N-ethyl adjacent to an activating group) is 1. The van der Waals surface area contributed by atoms with Gasteiger partial charge in [0, 0.05) is 38.6 Å². The van der Waals surface area contributed by atoms with Crippen molar-refractivity contribution >= 4 is 11.9 Å². The molecule has 2 N–H and O–H groups in total. The average Bonchev–Trinajstić information content (AvgIpc) is 3.11. The lowest BCUT2D eigenvalue weighted by Gasteiger charge is -2.26. The van der Waals surface area contributed by atoms with Crippen LogP contribution >= 0.6 is 0 Å². The molecule has 0 spiro atoms. The number of rotatable bonds is 8. The zero-order valence-corrected chi connectivity index (χ0v) is 18.9. The van der Waals surface area contributed by atoms with E-state index >= 15 is 0 Å². The van der Waals surface area contributed by atoms with Crippen LogP contribution in [0.3, 0.4) is 0 Å². The number of nitrogens with zero attached hydrogens (tertiary/aromatic N) is 5. The fraction of sp³-hybridized carbons (Fsp3) is 0.810. The Morgan fingerprint density at radius 2 is 2.03 bits per heavy atom. The summed E-state index contributed by atoms with van der Waals surface area (Å²) in [7, 11) is 1.92. The number of nitrogens with one attached hydrogen (secondary N) is 2. The van der Waals surface area contributed by atoms with Gasteiger partial charge in [0.1, 0.15) is 12.2 Å². The van der Waals surface area contributed by atoms with E-state index in [0.29, 0.717) is 12.5 Å². The largest absolute Gasteiger partial charge is 0.354 e. The molecule has 164 valence electrons. The number of aliphatic imine (C=N–C) groups is 1. The molecule has 0 radical (unpaired) electrons. The van der Waals surface area contributed by atoms with Gasteiger partial charge in [-0.25, -0.2) is 0 Å². The summed E-state index contributed by atoms with van der Waals surface area (Å²) in [5, 5.41) is 14.6. The Hall–Kier alpha value is -2.12. The molecular formula is C21H39N7O. The van der Waals surface area contributed by atoms with Gasteiger partial charge in [-0.3, -0.25) is 9.79 Å². The third-order valence-corrected chi connectivity index (χ3v) is 5.13. The molecule has 2 rings (SSSR count). The molecule has 0 aliphatic heterocycles. The second-order valence-corrected chi connectivity index (χ2v) is 9.04. The highest BCUT2D eigenvalue weighted by atomic mass is 16.2. The number of guanidine groups is 1. The van der Waals surface area contributed by atoms with Crippen molar-refractivity contribution in [3.8, 4) is 0 Å². The van der Waals surface area contributed by atoms with E-state index in [1.807, 2.05) is 32.7 Å². The molecule has 29 heavy (non-hydrogen) atoms. The van der Waals surface area contributed by atoms with Crippen molar-refractivity contribution in [1.82, 2.24) is 30.3 Å². The Balaban J connectivity index is 1.96. The molecule has 0 saturated heterocycles. The highest BCUT2D eigenvalue weighted by Crippen LogP contribution is 2.23. The van der Waals surface area contributed by atoms with Crippen LogP contribution in [0.1, 0.15) is 65.6 Å². The standard InChI is InChI=1S/C21H39N7O/c1-6-18-26-24-16-28(18)13-12-22-20(23-14-17-10-8-7-9-11-17)27(5)15-19(29)25-21(2,3)4/h16-17H,6-15H2,1-5H3,(H,22,23)(H,25,29). The van der Waals surface area contributed by atoms with Crippen LogP contribution in [0.5, 0.6) is 0 Å². The Morgan fingerprint density at radius 3 is 2.69 bits per heavy atom. The maximum Gasteiger partial charge on any atom is 0.240 e. The summed E-state index contributed by atoms with van der Waals surface area (Å²) in [6.07, 6.45) is 9.09. The summed E-state index contributed by atoms with van der Waals surface area (Å²) in [6, 6.07) is 0. The molecule has 0 bridgehead atoms. The topological polar surface area (TPSA) is 87.4 Å². The lowest BCUT2D eigenvalue weighted by molar-refractivity contribution is -0.122. The van der Waals surface area contributed by atoms with E-state index in [9.17, 15) is 4.79 Å². The number of aryl methyl sites for hydroxylation is 1. The number of hydrogen-bond donors (Lipinski definition) is 2. The summed E-state index contributed by atoms with van der Waals surface area (Å²) < 4.78 is 2.05. The van der Waals surface area contributed by atoms with Gasteiger partial charge in [0.2, 0.25) is 5.91 Å². The summed E-state index contributed by atoms with van der Waals surface area (Å²) in [4.78, 5) is 19.2. The fourth-order valence-corrected chi connectivity index (χ4v) is 3.67. The van der Waals surface area contributed by atoms with Crippen molar-refractivity contribution in [2.24, 2.45) is 10.9 Å². The molecule has 1 aliphatic rings. The zero-order valence-electron chi connectivity index (χ0n) is 18.9. The van der Waals surface area contributed by atoms with Crippen molar-refractivity contribution in [3.05, 3.63) is 12.2 Å². The average molecular weight is 406 g/mol. The second-order valence-electron chi connectivity index (χ2n) is 9.04. The molecule has 1 aliphatic carbocycles. The SMILES string of the molecule is CCc1nncn1CCNC(=NCC1CCCCC1)N(C)CC(=O)NC(C)(C)C. The van der Waals surface area contributed by atoms with Crippen molar-refractivity contribution in [2.75, 3.05) is 26.7 Å². The Bertz CT molecular complexity index is 656. The highest BCUT2D eigenvalue weighted by molar-refractivity contribution is 5.86. The van der Waals surface area contributed by atoms with Crippen LogP contribution in [0.15, 0.2) is 11.3 Å². The van der Waals surface area contributed by atoms with E-state index in [1.165, 1.54) is 32.1 Å². The Morgan fingerprint density at radius 1 is 1.31 bits per heavy atom. The molecule has 1 amide bonds. The van der Waals surface area contributed by atoms with Gasteiger partial charge in [-0.2, -0.15) is 0 Å². The Labute approximate surface area is 175 Å². The minimum absolute atomic E-state index is 0.000699. The number of carbonyl (C=O) groups excluding carboxylic acids is 1. The first-order valence-corrected chi connectivity index (χ1v) is 11.0. The second kappa shape index (κ2) is 11.2. The lowest BCUT2D eigenvalue weighted by Crippen LogP contribution is -2.49. The molecular weight excluding hydrogens is 366 g/mol. The van der Waals surface area contributed by atoms with Gasteiger partial charge in [0.25, 0.3) is 0 Å². The van der Waals surface area contributed by atoms with Crippen LogP contribution in [0.4, 0.5) is 0 Å². The fourth-order valence-electron chi connectivity index (χ4n) is 3.67.